The van der Waals surface area contributed by atoms with Crippen molar-refractivity contribution in [2.45, 2.75) is 37.2 Å². The lowest BCUT2D eigenvalue weighted by molar-refractivity contribution is 0.126. The van der Waals surface area contributed by atoms with Crippen LogP contribution in [0.3, 0.4) is 0 Å². The number of sulfonamides is 1. The maximum absolute atomic E-state index is 12.6. The zero-order valence-corrected chi connectivity index (χ0v) is 15.6. The van der Waals surface area contributed by atoms with Gasteiger partial charge in [0.05, 0.1) is 18.1 Å². The molecule has 0 spiro atoms. The average Bonchev–Trinajstić information content (AvgIpc) is 2.62. The fourth-order valence-electron chi connectivity index (χ4n) is 3.12. The van der Waals surface area contributed by atoms with Gasteiger partial charge in [-0.05, 0) is 54.5 Å². The molecule has 0 aromatic heterocycles. The quantitative estimate of drug-likeness (QED) is 0.746. The van der Waals surface area contributed by atoms with Crippen LogP contribution in [0, 0.1) is 0 Å². The van der Waals surface area contributed by atoms with Crippen LogP contribution in [0.25, 0.3) is 0 Å². The summed E-state index contributed by atoms with van der Waals surface area (Å²) in [7, 11) is -3.51. The van der Waals surface area contributed by atoms with Crippen LogP contribution < -0.4 is 4.72 Å². The molecule has 0 bridgehead atoms. The first kappa shape index (κ1) is 18.4. The second kappa shape index (κ2) is 8.32. The number of ether oxygens (including phenoxy) is 1. The Morgan fingerprint density at radius 2 is 1.84 bits per heavy atom. The van der Waals surface area contributed by atoms with Crippen LogP contribution in [0.15, 0.2) is 47.4 Å². The third-order valence-electron chi connectivity index (χ3n) is 4.40. The van der Waals surface area contributed by atoms with Gasteiger partial charge in [-0.2, -0.15) is 0 Å². The van der Waals surface area contributed by atoms with E-state index in [-0.39, 0.29) is 6.54 Å². The molecule has 3 rings (SSSR count). The van der Waals surface area contributed by atoms with Gasteiger partial charge in [-0.1, -0.05) is 41.9 Å². The van der Waals surface area contributed by atoms with E-state index in [9.17, 15) is 8.42 Å². The van der Waals surface area contributed by atoms with Crippen molar-refractivity contribution in [2.75, 3.05) is 13.2 Å². The minimum absolute atomic E-state index is 0.233. The standard InChI is InChI=1S/C19H22ClNO3S/c20-18-10-4-2-7-16(18)14-24-13-12-21-25(22,23)19-11-5-8-15-6-1-3-9-17(15)19/h2,4-5,7-8,10-11,21H,1,3,6,9,12-14H2. The third-order valence-corrected chi connectivity index (χ3v) is 6.31. The number of hydrogen-bond donors (Lipinski definition) is 1. The van der Waals surface area contributed by atoms with Crippen molar-refractivity contribution in [3.63, 3.8) is 0 Å². The van der Waals surface area contributed by atoms with Crippen LogP contribution >= 0.6 is 11.6 Å². The first-order valence-electron chi connectivity index (χ1n) is 8.49. The second-order valence-electron chi connectivity index (χ2n) is 6.14. The van der Waals surface area contributed by atoms with E-state index >= 15 is 0 Å². The molecule has 0 fully saturated rings. The number of aryl methyl sites for hydroxylation is 1. The maximum atomic E-state index is 12.6. The molecule has 4 nitrogen and oxygen atoms in total. The van der Waals surface area contributed by atoms with Crippen LogP contribution in [0.5, 0.6) is 0 Å². The molecule has 0 radical (unpaired) electrons. The molecule has 134 valence electrons. The Morgan fingerprint density at radius 1 is 1.04 bits per heavy atom. The zero-order valence-electron chi connectivity index (χ0n) is 14.0. The molecule has 1 N–H and O–H groups in total. The Labute approximate surface area is 154 Å². The highest BCUT2D eigenvalue weighted by Gasteiger charge is 2.21. The van der Waals surface area contributed by atoms with E-state index in [2.05, 4.69) is 4.72 Å². The highest BCUT2D eigenvalue weighted by molar-refractivity contribution is 7.89. The molecule has 25 heavy (non-hydrogen) atoms. The van der Waals surface area contributed by atoms with Crippen molar-refractivity contribution in [1.82, 2.24) is 4.72 Å². The van der Waals surface area contributed by atoms with Gasteiger partial charge in [0.2, 0.25) is 10.0 Å². The summed E-state index contributed by atoms with van der Waals surface area (Å²) in [4.78, 5) is 0.413. The monoisotopic (exact) mass is 379 g/mol. The fourth-order valence-corrected chi connectivity index (χ4v) is 4.63. The molecular weight excluding hydrogens is 358 g/mol. The molecule has 0 amide bonds. The summed E-state index contributed by atoms with van der Waals surface area (Å²) in [6.45, 7) is 0.887. The van der Waals surface area contributed by atoms with Crippen molar-refractivity contribution < 1.29 is 13.2 Å². The van der Waals surface area contributed by atoms with Crippen molar-refractivity contribution in [3.05, 3.63) is 64.2 Å². The average molecular weight is 380 g/mol. The van der Waals surface area contributed by atoms with E-state index < -0.39 is 10.0 Å². The van der Waals surface area contributed by atoms with Gasteiger partial charge in [0, 0.05) is 11.6 Å². The Balaban J connectivity index is 1.55. The van der Waals surface area contributed by atoms with Crippen LogP contribution in [-0.4, -0.2) is 21.6 Å². The summed E-state index contributed by atoms with van der Waals surface area (Å²) >= 11 is 6.07. The van der Waals surface area contributed by atoms with Crippen LogP contribution in [0.1, 0.15) is 29.5 Å². The summed E-state index contributed by atoms with van der Waals surface area (Å²) in [5.74, 6) is 0. The Hall–Kier alpha value is -1.40. The molecule has 0 unspecified atom stereocenters. The van der Waals surface area contributed by atoms with Gasteiger partial charge in [0.25, 0.3) is 0 Å². The minimum Gasteiger partial charge on any atom is -0.375 e. The van der Waals surface area contributed by atoms with Crippen LogP contribution in [-0.2, 0) is 34.2 Å². The number of fused-ring (bicyclic) bond motifs is 1. The van der Waals surface area contributed by atoms with Crippen LogP contribution in [0.4, 0.5) is 0 Å². The summed E-state index contributed by atoms with van der Waals surface area (Å²) in [6, 6.07) is 13.0. The predicted molar refractivity (Wildman–Crippen MR) is 99.4 cm³/mol. The minimum atomic E-state index is -3.51. The van der Waals surface area contributed by atoms with Gasteiger partial charge in [-0.3, -0.25) is 0 Å². The van der Waals surface area contributed by atoms with Gasteiger partial charge in [-0.15, -0.1) is 0 Å². The lowest BCUT2D eigenvalue weighted by Crippen LogP contribution is -2.29. The fraction of sp³-hybridized carbons (Fsp3) is 0.368. The summed E-state index contributed by atoms with van der Waals surface area (Å²) in [6.07, 6.45) is 3.95. The molecular formula is C19H22ClNO3S. The van der Waals surface area contributed by atoms with E-state index in [1.54, 1.807) is 6.07 Å². The molecule has 0 saturated carbocycles. The Bertz CT molecular complexity index is 836. The van der Waals surface area contributed by atoms with Crippen LogP contribution in [0.2, 0.25) is 5.02 Å². The van der Waals surface area contributed by atoms with Crippen molar-refractivity contribution in [3.8, 4) is 0 Å². The van der Waals surface area contributed by atoms with E-state index in [1.807, 2.05) is 36.4 Å². The molecule has 0 saturated heterocycles. The summed E-state index contributed by atoms with van der Waals surface area (Å²) < 4.78 is 33.4. The number of nitrogens with one attached hydrogen (secondary N) is 1. The summed E-state index contributed by atoms with van der Waals surface area (Å²) in [5, 5.41) is 0.652. The summed E-state index contributed by atoms with van der Waals surface area (Å²) in [5.41, 5.74) is 3.02. The number of halogens is 1. The number of hydrogen-bond acceptors (Lipinski definition) is 3. The molecule has 0 heterocycles. The molecule has 6 heteroatoms. The smallest absolute Gasteiger partial charge is 0.240 e. The molecule has 2 aromatic carbocycles. The molecule has 0 atom stereocenters. The number of rotatable bonds is 7. The number of benzene rings is 2. The predicted octanol–water partition coefficient (Wildman–Crippen LogP) is 3.71. The zero-order chi connectivity index (χ0) is 17.7. The van der Waals surface area contributed by atoms with E-state index in [1.165, 1.54) is 0 Å². The molecule has 1 aliphatic rings. The lowest BCUT2D eigenvalue weighted by Gasteiger charge is -2.19. The molecule has 0 aliphatic heterocycles. The molecule has 1 aliphatic carbocycles. The van der Waals surface area contributed by atoms with Gasteiger partial charge in [0.1, 0.15) is 0 Å². The maximum Gasteiger partial charge on any atom is 0.240 e. The van der Waals surface area contributed by atoms with Gasteiger partial charge in [-0.25, -0.2) is 13.1 Å². The van der Waals surface area contributed by atoms with Gasteiger partial charge in [0.15, 0.2) is 0 Å². The Morgan fingerprint density at radius 3 is 2.68 bits per heavy atom. The first-order chi connectivity index (χ1) is 12.1. The Kier molecular flexibility index (Phi) is 6.12. The lowest BCUT2D eigenvalue weighted by atomic mass is 9.92. The van der Waals surface area contributed by atoms with E-state index in [4.69, 9.17) is 16.3 Å². The van der Waals surface area contributed by atoms with Crippen molar-refractivity contribution in [2.24, 2.45) is 0 Å². The third kappa shape index (κ3) is 4.61. The van der Waals surface area contributed by atoms with Crippen molar-refractivity contribution >= 4 is 21.6 Å². The second-order valence-corrected chi connectivity index (χ2v) is 8.29. The topological polar surface area (TPSA) is 55.4 Å². The normalized spacial score (nSPS) is 14.3. The van der Waals surface area contributed by atoms with Gasteiger partial charge < -0.3 is 4.74 Å². The van der Waals surface area contributed by atoms with E-state index in [0.29, 0.717) is 23.1 Å². The highest BCUT2D eigenvalue weighted by Crippen LogP contribution is 2.27. The molecule has 2 aromatic rings. The van der Waals surface area contributed by atoms with Crippen molar-refractivity contribution in [1.29, 1.82) is 0 Å². The largest absolute Gasteiger partial charge is 0.375 e. The first-order valence-corrected chi connectivity index (χ1v) is 10.4. The van der Waals surface area contributed by atoms with E-state index in [0.717, 1.165) is 42.4 Å². The van der Waals surface area contributed by atoms with Gasteiger partial charge >= 0.3 is 0 Å². The highest BCUT2D eigenvalue weighted by atomic mass is 35.5. The SMILES string of the molecule is O=S(=O)(NCCOCc1ccccc1Cl)c1cccc2c1CCCC2.